The van der Waals surface area contributed by atoms with E-state index in [0.29, 0.717) is 11.1 Å². The van der Waals surface area contributed by atoms with E-state index in [2.05, 4.69) is 4.98 Å². The fraction of sp³-hybridized carbons (Fsp3) is 0.400. The predicted molar refractivity (Wildman–Crippen MR) is 118 cm³/mol. The molecular formula is C20H21F2IN2O4S. The molecule has 0 radical (unpaired) electrons. The second-order valence-electron chi connectivity index (χ2n) is 7.08. The number of nitrogens with two attached hydrogens (primary N) is 1. The summed E-state index contributed by atoms with van der Waals surface area (Å²) in [4.78, 5) is 16.2. The maximum absolute atomic E-state index is 15.2. The van der Waals surface area contributed by atoms with Crippen molar-refractivity contribution in [3.63, 3.8) is 0 Å². The number of benzene rings is 1. The summed E-state index contributed by atoms with van der Waals surface area (Å²) in [5.74, 6) is -0.779. The lowest BCUT2D eigenvalue weighted by Crippen LogP contribution is -2.43. The molecule has 0 unspecified atom stereocenters. The molecule has 1 aliphatic carbocycles. The number of alkyl halides is 1. The molecule has 1 aromatic heterocycles. The van der Waals surface area contributed by atoms with E-state index < -0.39 is 23.0 Å². The number of amides is 1. The van der Waals surface area contributed by atoms with E-state index in [1.54, 1.807) is 6.92 Å². The molecular weight excluding hydrogens is 529 g/mol. The molecule has 1 atom stereocenters. The molecule has 0 saturated heterocycles. The Hall–Kier alpha value is -1.50. The third-order valence-corrected chi connectivity index (χ3v) is 5.96. The number of aliphatic hydroxyl groups is 1. The van der Waals surface area contributed by atoms with Crippen LogP contribution in [-0.2, 0) is 21.0 Å². The van der Waals surface area contributed by atoms with E-state index >= 15 is 4.39 Å². The Morgan fingerprint density at radius 2 is 2.07 bits per heavy atom. The summed E-state index contributed by atoms with van der Waals surface area (Å²) in [6, 6.07) is 6.94. The highest BCUT2D eigenvalue weighted by molar-refractivity contribution is 14.2. The van der Waals surface area contributed by atoms with E-state index in [1.807, 2.05) is 21.2 Å². The van der Waals surface area contributed by atoms with E-state index in [4.69, 9.17) is 14.7 Å². The van der Waals surface area contributed by atoms with Crippen LogP contribution in [0, 0.1) is 5.82 Å². The SMILES string of the molecule is CCOc1c(CC(N)=O)cc([C@@](O)(COSI)C2(F)CC2)nc1-c1ccc(F)cc1. The average Bonchev–Trinajstić information content (AvgIpc) is 3.46. The van der Waals surface area contributed by atoms with Gasteiger partial charge in [-0.25, -0.2) is 13.8 Å². The van der Waals surface area contributed by atoms with Gasteiger partial charge in [-0.2, -0.15) is 0 Å². The van der Waals surface area contributed by atoms with Gasteiger partial charge in [-0.15, -0.1) is 0 Å². The first-order valence-corrected chi connectivity index (χ1v) is 12.6. The highest BCUT2D eigenvalue weighted by Gasteiger charge is 2.62. The average molecular weight is 550 g/mol. The number of aromatic nitrogens is 1. The fourth-order valence-corrected chi connectivity index (χ4v) is 3.89. The van der Waals surface area contributed by atoms with Gasteiger partial charge < -0.3 is 19.8 Å². The number of hydrogen-bond acceptors (Lipinski definition) is 6. The quantitative estimate of drug-likeness (QED) is 0.343. The molecule has 30 heavy (non-hydrogen) atoms. The lowest BCUT2D eigenvalue weighted by atomic mass is 9.89. The molecule has 6 nitrogen and oxygen atoms in total. The summed E-state index contributed by atoms with van der Waals surface area (Å²) in [5.41, 5.74) is 2.59. The number of carbonyl (C=O) groups excluding carboxylic acids is 1. The molecule has 1 heterocycles. The topological polar surface area (TPSA) is 94.7 Å². The van der Waals surface area contributed by atoms with Crippen molar-refractivity contribution in [1.29, 1.82) is 0 Å². The van der Waals surface area contributed by atoms with E-state index in [1.165, 1.54) is 30.3 Å². The Morgan fingerprint density at radius 3 is 2.60 bits per heavy atom. The van der Waals surface area contributed by atoms with Crippen LogP contribution in [0.25, 0.3) is 11.3 Å². The molecule has 2 aromatic rings. The maximum atomic E-state index is 15.2. The number of ether oxygens (including phenoxy) is 1. The molecule has 3 rings (SSSR count). The zero-order valence-corrected chi connectivity index (χ0v) is 19.1. The molecule has 3 N–H and O–H groups in total. The van der Waals surface area contributed by atoms with Crippen LogP contribution in [-0.4, -0.2) is 34.9 Å². The van der Waals surface area contributed by atoms with Crippen molar-refractivity contribution >= 4 is 36.3 Å². The molecule has 0 bridgehead atoms. The van der Waals surface area contributed by atoms with Gasteiger partial charge in [0.1, 0.15) is 29.5 Å². The first kappa shape index (κ1) is 23.2. The molecule has 1 aromatic carbocycles. The Kier molecular flexibility index (Phi) is 7.20. The van der Waals surface area contributed by atoms with Gasteiger partial charge in [-0.05, 0) is 50.1 Å². The van der Waals surface area contributed by atoms with Crippen LogP contribution in [0.1, 0.15) is 31.0 Å². The molecule has 1 fully saturated rings. The van der Waals surface area contributed by atoms with Crippen molar-refractivity contribution < 1.29 is 27.6 Å². The molecule has 0 spiro atoms. The zero-order valence-electron chi connectivity index (χ0n) is 16.2. The summed E-state index contributed by atoms with van der Waals surface area (Å²) in [6.07, 6.45) is 0.117. The normalized spacial score (nSPS) is 16.7. The number of primary amides is 1. The first-order chi connectivity index (χ1) is 14.2. The van der Waals surface area contributed by atoms with Crippen molar-refractivity contribution in [1.82, 2.24) is 4.98 Å². The van der Waals surface area contributed by atoms with Crippen LogP contribution in [0.5, 0.6) is 5.75 Å². The van der Waals surface area contributed by atoms with Crippen LogP contribution in [0.15, 0.2) is 30.3 Å². The van der Waals surface area contributed by atoms with E-state index in [9.17, 15) is 14.3 Å². The highest BCUT2D eigenvalue weighted by Crippen LogP contribution is 2.54. The highest BCUT2D eigenvalue weighted by atomic mass is 127. The standard InChI is InChI=1S/C20H21F2IN2O4S/c1-2-28-18-13(10-16(24)26)9-15(20(27,11-29-30-23)19(22)7-8-19)25-17(18)12-3-5-14(21)6-4-12/h3-6,9,27H,2,7-8,10-11H2,1H3,(H2,24,26)/t20-/m0/s1. The minimum atomic E-state index is -2.03. The van der Waals surface area contributed by atoms with Gasteiger partial charge in [-0.1, -0.05) is 0 Å². The van der Waals surface area contributed by atoms with Crippen molar-refractivity contribution in [3.8, 4) is 17.0 Å². The Bertz CT molecular complexity index is 928. The van der Waals surface area contributed by atoms with Crippen LogP contribution in [0.3, 0.4) is 0 Å². The number of hydrogen-bond donors (Lipinski definition) is 2. The predicted octanol–water partition coefficient (Wildman–Crippen LogP) is 4.02. The van der Waals surface area contributed by atoms with Gasteiger partial charge in [-0.3, -0.25) is 4.79 Å². The van der Waals surface area contributed by atoms with Gasteiger partial charge in [0.05, 0.1) is 27.9 Å². The lowest BCUT2D eigenvalue weighted by Gasteiger charge is -2.31. The number of pyridine rings is 1. The lowest BCUT2D eigenvalue weighted by molar-refractivity contribution is -0.117. The second-order valence-corrected chi connectivity index (χ2v) is 8.52. The van der Waals surface area contributed by atoms with Crippen molar-refractivity contribution in [2.45, 2.75) is 37.5 Å². The maximum Gasteiger partial charge on any atom is 0.221 e. The molecule has 10 heteroatoms. The summed E-state index contributed by atoms with van der Waals surface area (Å²) in [6.45, 7) is 1.70. The summed E-state index contributed by atoms with van der Waals surface area (Å²) in [7, 11) is 0.970. The minimum Gasteiger partial charge on any atom is -0.491 e. The largest absolute Gasteiger partial charge is 0.491 e. The van der Waals surface area contributed by atoms with Crippen molar-refractivity contribution in [2.75, 3.05) is 13.2 Å². The van der Waals surface area contributed by atoms with E-state index in [0.717, 1.165) is 9.21 Å². The number of carbonyl (C=O) groups is 1. The summed E-state index contributed by atoms with van der Waals surface area (Å²) in [5, 5.41) is 11.3. The van der Waals surface area contributed by atoms with E-state index in [-0.39, 0.29) is 49.6 Å². The van der Waals surface area contributed by atoms with Gasteiger partial charge in [0.25, 0.3) is 0 Å². The zero-order chi connectivity index (χ0) is 21.9. The first-order valence-electron chi connectivity index (χ1n) is 9.27. The smallest absolute Gasteiger partial charge is 0.221 e. The Balaban J connectivity index is 2.23. The molecule has 1 aliphatic rings. The van der Waals surface area contributed by atoms with Gasteiger partial charge in [0.15, 0.2) is 5.60 Å². The van der Waals surface area contributed by atoms with Crippen LogP contribution in [0.2, 0.25) is 0 Å². The second kappa shape index (κ2) is 9.33. The molecule has 1 amide bonds. The fourth-order valence-electron chi connectivity index (χ4n) is 3.29. The number of rotatable bonds is 10. The molecule has 1 saturated carbocycles. The summed E-state index contributed by atoms with van der Waals surface area (Å²) < 4.78 is 39.7. The minimum absolute atomic E-state index is 0.00646. The van der Waals surface area contributed by atoms with Gasteiger partial charge in [0, 0.05) is 32.3 Å². The Morgan fingerprint density at radius 1 is 1.40 bits per heavy atom. The molecule has 0 aliphatic heterocycles. The van der Waals surface area contributed by atoms with Crippen LogP contribution in [0.4, 0.5) is 8.78 Å². The molecule has 162 valence electrons. The monoisotopic (exact) mass is 550 g/mol. The van der Waals surface area contributed by atoms with Gasteiger partial charge >= 0.3 is 0 Å². The number of nitrogens with zero attached hydrogens (tertiary/aromatic N) is 1. The third-order valence-electron chi connectivity index (χ3n) is 4.99. The summed E-state index contributed by atoms with van der Waals surface area (Å²) >= 11 is 1.88. The van der Waals surface area contributed by atoms with Crippen molar-refractivity contribution in [3.05, 3.63) is 47.4 Å². The number of halogens is 3. The van der Waals surface area contributed by atoms with Crippen LogP contribution < -0.4 is 10.5 Å². The third kappa shape index (κ3) is 4.71. The van der Waals surface area contributed by atoms with Crippen molar-refractivity contribution in [2.24, 2.45) is 5.73 Å². The van der Waals surface area contributed by atoms with Crippen LogP contribution >= 0.6 is 30.4 Å². The van der Waals surface area contributed by atoms with Gasteiger partial charge in [0.2, 0.25) is 5.91 Å². The Labute approximate surface area is 189 Å².